The second-order valence-electron chi connectivity index (χ2n) is 8.71. The van der Waals surface area contributed by atoms with Crippen molar-refractivity contribution in [2.45, 2.75) is 32.8 Å². The van der Waals surface area contributed by atoms with E-state index in [0.29, 0.717) is 13.2 Å². The maximum atomic E-state index is 13.0. The summed E-state index contributed by atoms with van der Waals surface area (Å²) in [6.45, 7) is 5.10. The zero-order chi connectivity index (χ0) is 24.2. The zero-order valence-corrected chi connectivity index (χ0v) is 20.8. The summed E-state index contributed by atoms with van der Waals surface area (Å²) in [6.07, 6.45) is 1.19. The Labute approximate surface area is 210 Å². The molecule has 4 aromatic rings. The van der Waals surface area contributed by atoms with Crippen LogP contribution in [0.3, 0.4) is 0 Å². The van der Waals surface area contributed by atoms with Crippen LogP contribution in [-0.4, -0.2) is 30.1 Å². The number of hydrogen-bond donors (Lipinski definition) is 0. The Hall–Kier alpha value is -3.64. The summed E-state index contributed by atoms with van der Waals surface area (Å²) in [6, 6.07) is 24.2. The number of anilines is 1. The van der Waals surface area contributed by atoms with E-state index in [1.165, 1.54) is 5.56 Å². The highest BCUT2D eigenvalue weighted by molar-refractivity contribution is 7.13. The van der Waals surface area contributed by atoms with Crippen molar-refractivity contribution >= 4 is 22.9 Å². The van der Waals surface area contributed by atoms with Gasteiger partial charge in [0.1, 0.15) is 16.5 Å². The number of aromatic nitrogens is 1. The van der Waals surface area contributed by atoms with E-state index in [-0.39, 0.29) is 5.91 Å². The number of nitrogens with zero attached hydrogens (tertiary/aromatic N) is 2. The van der Waals surface area contributed by atoms with Crippen molar-refractivity contribution in [1.29, 1.82) is 0 Å². The van der Waals surface area contributed by atoms with Crippen molar-refractivity contribution in [2.75, 3.05) is 18.1 Å². The van der Waals surface area contributed by atoms with Crippen LogP contribution in [-0.2, 0) is 4.79 Å². The van der Waals surface area contributed by atoms with Gasteiger partial charge in [0.2, 0.25) is 0 Å². The van der Waals surface area contributed by atoms with Crippen LogP contribution in [0.1, 0.15) is 25.3 Å². The summed E-state index contributed by atoms with van der Waals surface area (Å²) < 4.78 is 11.7. The highest BCUT2D eigenvalue weighted by Gasteiger charge is 2.31. The summed E-state index contributed by atoms with van der Waals surface area (Å²) in [4.78, 5) is 19.7. The predicted octanol–water partition coefficient (Wildman–Crippen LogP) is 6.76. The number of benzene rings is 3. The number of aryl methyl sites for hydroxylation is 1. The molecule has 178 valence electrons. The summed E-state index contributed by atoms with van der Waals surface area (Å²) >= 11 is 1.62. The van der Waals surface area contributed by atoms with Crippen LogP contribution < -0.4 is 14.4 Å². The van der Waals surface area contributed by atoms with Crippen LogP contribution in [0, 0.1) is 6.92 Å². The summed E-state index contributed by atoms with van der Waals surface area (Å²) in [5, 5.41) is 3.04. The van der Waals surface area contributed by atoms with E-state index in [1.807, 2.05) is 65.6 Å². The molecule has 1 aromatic heterocycles. The van der Waals surface area contributed by atoms with Crippen molar-refractivity contribution in [3.8, 4) is 33.3 Å². The molecule has 0 N–H and O–H groups in total. The molecule has 3 aromatic carbocycles. The fraction of sp³-hybridized carbons (Fsp3) is 0.241. The zero-order valence-electron chi connectivity index (χ0n) is 19.9. The van der Waals surface area contributed by atoms with E-state index in [9.17, 15) is 4.79 Å². The molecule has 0 aliphatic carbocycles. The molecule has 0 fully saturated rings. The monoisotopic (exact) mass is 484 g/mol. The van der Waals surface area contributed by atoms with Crippen molar-refractivity contribution in [1.82, 2.24) is 4.98 Å². The van der Waals surface area contributed by atoms with Crippen LogP contribution in [0.25, 0.3) is 21.8 Å². The Morgan fingerprint density at radius 1 is 1.00 bits per heavy atom. The maximum Gasteiger partial charge on any atom is 0.267 e. The molecule has 1 aliphatic rings. The average molecular weight is 485 g/mol. The smallest absolute Gasteiger partial charge is 0.267 e. The summed E-state index contributed by atoms with van der Waals surface area (Å²) in [7, 11) is 0. The predicted molar refractivity (Wildman–Crippen MR) is 141 cm³/mol. The number of thiazole rings is 1. The Bertz CT molecular complexity index is 1300. The first-order chi connectivity index (χ1) is 17.1. The molecule has 0 spiro atoms. The first kappa shape index (κ1) is 23.1. The summed E-state index contributed by atoms with van der Waals surface area (Å²) in [5.74, 6) is 1.59. The third-order valence-electron chi connectivity index (χ3n) is 6.05. The molecule has 1 unspecified atom stereocenters. The molecular formula is C29H28N2O3S. The standard InChI is InChI=1S/C29H28N2O3S/c1-20-10-13-24(14-11-20)33-17-7-6-16-31-26-18-23(12-15-27(26)34-21(2)29(31)32)25-19-35-28(30-25)22-8-4-3-5-9-22/h3-5,8-15,18-19,21H,6-7,16-17H2,1-2H3. The van der Waals surface area contributed by atoms with E-state index in [1.54, 1.807) is 18.3 Å². The number of amides is 1. The number of ether oxygens (including phenoxy) is 2. The molecule has 0 saturated carbocycles. The van der Waals surface area contributed by atoms with Crippen molar-refractivity contribution in [3.05, 3.63) is 83.7 Å². The van der Waals surface area contributed by atoms with Crippen LogP contribution in [0.4, 0.5) is 5.69 Å². The Morgan fingerprint density at radius 2 is 1.80 bits per heavy atom. The van der Waals surface area contributed by atoms with E-state index < -0.39 is 6.10 Å². The molecule has 0 bridgehead atoms. The third kappa shape index (κ3) is 5.23. The number of fused-ring (bicyclic) bond motifs is 1. The quantitative estimate of drug-likeness (QED) is 0.259. The molecule has 2 heterocycles. The first-order valence-corrected chi connectivity index (χ1v) is 12.8. The van der Waals surface area contributed by atoms with Gasteiger partial charge >= 0.3 is 0 Å². The molecule has 1 atom stereocenters. The van der Waals surface area contributed by atoms with Gasteiger partial charge in [0, 0.05) is 23.1 Å². The normalized spacial score (nSPS) is 15.0. The number of rotatable bonds is 8. The van der Waals surface area contributed by atoms with Gasteiger partial charge < -0.3 is 14.4 Å². The van der Waals surface area contributed by atoms with Gasteiger partial charge in [-0.25, -0.2) is 4.98 Å². The van der Waals surface area contributed by atoms with Crippen molar-refractivity contribution < 1.29 is 14.3 Å². The minimum absolute atomic E-state index is 0.0163. The Balaban J connectivity index is 1.28. The Kier molecular flexibility index (Phi) is 6.82. The molecule has 1 aliphatic heterocycles. The van der Waals surface area contributed by atoms with Gasteiger partial charge in [-0.2, -0.15) is 0 Å². The van der Waals surface area contributed by atoms with Gasteiger partial charge in [-0.3, -0.25) is 4.79 Å². The van der Waals surface area contributed by atoms with Gasteiger partial charge in [0.05, 0.1) is 18.0 Å². The molecule has 1 amide bonds. The molecule has 5 nitrogen and oxygen atoms in total. The fourth-order valence-corrected chi connectivity index (χ4v) is 4.95. The van der Waals surface area contributed by atoms with Crippen LogP contribution in [0.5, 0.6) is 11.5 Å². The molecule has 0 saturated heterocycles. The maximum absolute atomic E-state index is 13.0. The number of carbonyl (C=O) groups excluding carboxylic acids is 1. The molecular weight excluding hydrogens is 456 g/mol. The Morgan fingerprint density at radius 3 is 2.60 bits per heavy atom. The molecule has 5 rings (SSSR count). The van der Waals surface area contributed by atoms with Crippen LogP contribution in [0.15, 0.2) is 78.2 Å². The van der Waals surface area contributed by atoms with E-state index in [0.717, 1.165) is 51.9 Å². The lowest BCUT2D eigenvalue weighted by molar-refractivity contribution is -0.125. The molecule has 0 radical (unpaired) electrons. The lowest BCUT2D eigenvalue weighted by atomic mass is 10.1. The minimum atomic E-state index is -0.499. The van der Waals surface area contributed by atoms with Gasteiger partial charge in [0.25, 0.3) is 5.91 Å². The van der Waals surface area contributed by atoms with Gasteiger partial charge in [-0.05, 0) is 57.0 Å². The topological polar surface area (TPSA) is 51.7 Å². The highest BCUT2D eigenvalue weighted by atomic mass is 32.1. The van der Waals surface area contributed by atoms with Crippen molar-refractivity contribution in [3.63, 3.8) is 0 Å². The van der Waals surface area contributed by atoms with Gasteiger partial charge in [0.15, 0.2) is 6.10 Å². The number of carbonyl (C=O) groups is 1. The second-order valence-corrected chi connectivity index (χ2v) is 9.56. The highest BCUT2D eigenvalue weighted by Crippen LogP contribution is 2.38. The molecule has 6 heteroatoms. The van der Waals surface area contributed by atoms with Gasteiger partial charge in [-0.15, -0.1) is 11.3 Å². The van der Waals surface area contributed by atoms with E-state index in [2.05, 4.69) is 24.4 Å². The summed E-state index contributed by atoms with van der Waals surface area (Å²) in [5.41, 5.74) is 4.99. The minimum Gasteiger partial charge on any atom is -0.494 e. The van der Waals surface area contributed by atoms with E-state index >= 15 is 0 Å². The number of unbranched alkanes of at least 4 members (excludes halogenated alkanes) is 1. The lowest BCUT2D eigenvalue weighted by Gasteiger charge is -2.33. The lowest BCUT2D eigenvalue weighted by Crippen LogP contribution is -2.45. The van der Waals surface area contributed by atoms with Crippen LogP contribution in [0.2, 0.25) is 0 Å². The molecule has 35 heavy (non-hydrogen) atoms. The number of hydrogen-bond acceptors (Lipinski definition) is 5. The average Bonchev–Trinajstić information content (AvgIpc) is 3.38. The first-order valence-electron chi connectivity index (χ1n) is 11.9. The fourth-order valence-electron chi connectivity index (χ4n) is 4.11. The third-order valence-corrected chi connectivity index (χ3v) is 6.95. The van der Waals surface area contributed by atoms with Gasteiger partial charge in [-0.1, -0.05) is 48.0 Å². The van der Waals surface area contributed by atoms with Crippen molar-refractivity contribution in [2.24, 2.45) is 0 Å². The SMILES string of the molecule is Cc1ccc(OCCCCN2C(=O)C(C)Oc3ccc(-c4csc(-c5ccccc5)n4)cc32)cc1. The van der Waals surface area contributed by atoms with E-state index in [4.69, 9.17) is 14.5 Å². The largest absolute Gasteiger partial charge is 0.494 e. The van der Waals surface area contributed by atoms with Crippen LogP contribution >= 0.6 is 11.3 Å². The second kappa shape index (κ2) is 10.3.